The van der Waals surface area contributed by atoms with Gasteiger partial charge < -0.3 is 22.9 Å². The average Bonchev–Trinajstić information content (AvgIpc) is 2.30. The molecule has 5 heteroatoms. The third-order valence-corrected chi connectivity index (χ3v) is 3.45. The normalized spacial score (nSPS) is 10.4. The van der Waals surface area contributed by atoms with Crippen LogP contribution in [0.1, 0.15) is 0 Å². The first kappa shape index (κ1) is 11.5. The summed E-state index contributed by atoms with van der Waals surface area (Å²) >= 11 is 1.51. The van der Waals surface area contributed by atoms with E-state index in [1.807, 2.05) is 24.3 Å². The molecule has 0 heterocycles. The van der Waals surface area contributed by atoms with E-state index in [1.165, 1.54) is 11.8 Å². The van der Waals surface area contributed by atoms with Crippen LogP contribution in [0.25, 0.3) is 0 Å². The van der Waals surface area contributed by atoms with Gasteiger partial charge in [-0.1, -0.05) is 17.8 Å². The van der Waals surface area contributed by atoms with Crippen LogP contribution in [0.4, 0.5) is 22.7 Å². The van der Waals surface area contributed by atoms with E-state index < -0.39 is 0 Å². The van der Waals surface area contributed by atoms with Crippen LogP contribution < -0.4 is 22.9 Å². The fraction of sp³-hybridized carbons (Fsp3) is 0. The zero-order valence-electron chi connectivity index (χ0n) is 9.18. The summed E-state index contributed by atoms with van der Waals surface area (Å²) in [5.74, 6) is 0. The lowest BCUT2D eigenvalue weighted by Gasteiger charge is -2.08. The van der Waals surface area contributed by atoms with Crippen molar-refractivity contribution in [1.29, 1.82) is 0 Å². The first-order chi connectivity index (χ1) is 8.08. The predicted octanol–water partition coefficient (Wildman–Crippen LogP) is 2.17. The molecule has 4 nitrogen and oxygen atoms in total. The van der Waals surface area contributed by atoms with Gasteiger partial charge >= 0.3 is 0 Å². The molecule has 0 spiro atoms. The topological polar surface area (TPSA) is 104 Å². The zero-order valence-corrected chi connectivity index (χ0v) is 10.00. The number of para-hydroxylation sites is 1. The molecule has 0 atom stereocenters. The van der Waals surface area contributed by atoms with Gasteiger partial charge in [-0.25, -0.2) is 0 Å². The van der Waals surface area contributed by atoms with E-state index in [4.69, 9.17) is 22.9 Å². The predicted molar refractivity (Wildman–Crippen MR) is 74.7 cm³/mol. The van der Waals surface area contributed by atoms with Gasteiger partial charge in [0.1, 0.15) is 0 Å². The van der Waals surface area contributed by atoms with Gasteiger partial charge in [0.15, 0.2) is 0 Å². The molecule has 17 heavy (non-hydrogen) atoms. The molecule has 0 bridgehead atoms. The van der Waals surface area contributed by atoms with Gasteiger partial charge in [-0.15, -0.1) is 0 Å². The summed E-state index contributed by atoms with van der Waals surface area (Å²) in [7, 11) is 0. The number of anilines is 4. The lowest BCUT2D eigenvalue weighted by atomic mass is 10.3. The highest BCUT2D eigenvalue weighted by molar-refractivity contribution is 7.99. The molecule has 0 aliphatic rings. The molecular weight excluding hydrogens is 232 g/mol. The molecule has 2 aromatic carbocycles. The molecule has 0 saturated carbocycles. The van der Waals surface area contributed by atoms with Gasteiger partial charge in [0, 0.05) is 9.79 Å². The van der Waals surface area contributed by atoms with E-state index in [2.05, 4.69) is 0 Å². The second kappa shape index (κ2) is 4.47. The van der Waals surface area contributed by atoms with Crippen molar-refractivity contribution in [2.75, 3.05) is 22.9 Å². The van der Waals surface area contributed by atoms with Gasteiger partial charge in [0.2, 0.25) is 0 Å². The number of rotatable bonds is 2. The Kier molecular flexibility index (Phi) is 3.01. The minimum atomic E-state index is 0.567. The summed E-state index contributed by atoms with van der Waals surface area (Å²) in [5.41, 5.74) is 25.4. The quantitative estimate of drug-likeness (QED) is 0.608. The molecule has 0 aliphatic heterocycles. The van der Waals surface area contributed by atoms with Crippen molar-refractivity contribution >= 4 is 34.5 Å². The Morgan fingerprint density at radius 1 is 0.765 bits per heavy atom. The fourth-order valence-corrected chi connectivity index (χ4v) is 2.34. The summed E-state index contributed by atoms with van der Waals surface area (Å²) in [6.07, 6.45) is 0. The van der Waals surface area contributed by atoms with E-state index in [0.717, 1.165) is 9.79 Å². The summed E-state index contributed by atoms with van der Waals surface area (Å²) in [6, 6.07) is 11.1. The highest BCUT2D eigenvalue weighted by Crippen LogP contribution is 2.36. The molecule has 2 rings (SSSR count). The Balaban J connectivity index is 2.31. The summed E-state index contributed by atoms with van der Waals surface area (Å²) in [4.78, 5) is 1.89. The Morgan fingerprint density at radius 2 is 1.53 bits per heavy atom. The third kappa shape index (κ3) is 2.39. The van der Waals surface area contributed by atoms with Gasteiger partial charge in [0.05, 0.1) is 22.7 Å². The first-order valence-corrected chi connectivity index (χ1v) is 5.86. The molecule has 0 fully saturated rings. The fourth-order valence-electron chi connectivity index (χ4n) is 1.39. The smallest absolute Gasteiger partial charge is 0.0689 e. The summed E-state index contributed by atoms with van der Waals surface area (Å²) in [5, 5.41) is 0. The van der Waals surface area contributed by atoms with Crippen molar-refractivity contribution in [3.05, 3.63) is 36.4 Å². The highest BCUT2D eigenvalue weighted by atomic mass is 32.2. The minimum absolute atomic E-state index is 0.567. The van der Waals surface area contributed by atoms with Gasteiger partial charge in [-0.2, -0.15) is 0 Å². The zero-order chi connectivity index (χ0) is 12.4. The molecule has 8 N–H and O–H groups in total. The molecule has 0 unspecified atom stereocenters. The molecule has 0 aromatic heterocycles. The van der Waals surface area contributed by atoms with Crippen LogP contribution in [-0.2, 0) is 0 Å². The molecule has 2 aromatic rings. The first-order valence-electron chi connectivity index (χ1n) is 5.04. The number of hydrogen-bond acceptors (Lipinski definition) is 5. The Bertz CT molecular complexity index is 554. The van der Waals surface area contributed by atoms with Crippen LogP contribution in [0.3, 0.4) is 0 Å². The molecule has 0 amide bonds. The monoisotopic (exact) mass is 246 g/mol. The maximum absolute atomic E-state index is 5.90. The van der Waals surface area contributed by atoms with Crippen molar-refractivity contribution in [2.45, 2.75) is 9.79 Å². The van der Waals surface area contributed by atoms with E-state index >= 15 is 0 Å². The molecule has 88 valence electrons. The standard InChI is InChI=1S/C12H14N4S/c13-8-5-4-7(6-10(8)15)17-11-3-1-2-9(14)12(11)16/h1-6H,13-16H2. The number of nitrogens with two attached hydrogens (primary N) is 4. The lowest BCUT2D eigenvalue weighted by Crippen LogP contribution is -1.96. The number of hydrogen-bond donors (Lipinski definition) is 4. The second-order valence-electron chi connectivity index (χ2n) is 3.65. The molecule has 0 aliphatic carbocycles. The van der Waals surface area contributed by atoms with E-state index in [-0.39, 0.29) is 0 Å². The van der Waals surface area contributed by atoms with E-state index in [0.29, 0.717) is 22.7 Å². The highest BCUT2D eigenvalue weighted by Gasteiger charge is 2.05. The van der Waals surface area contributed by atoms with Crippen molar-refractivity contribution in [2.24, 2.45) is 0 Å². The van der Waals surface area contributed by atoms with E-state index in [9.17, 15) is 0 Å². The Morgan fingerprint density at radius 3 is 2.24 bits per heavy atom. The number of nitrogen functional groups attached to an aromatic ring is 4. The molecule has 0 saturated heterocycles. The maximum Gasteiger partial charge on any atom is 0.0689 e. The van der Waals surface area contributed by atoms with Crippen LogP contribution in [0.15, 0.2) is 46.2 Å². The van der Waals surface area contributed by atoms with Crippen LogP contribution >= 0.6 is 11.8 Å². The van der Waals surface area contributed by atoms with Crippen LogP contribution in [0.2, 0.25) is 0 Å². The maximum atomic E-state index is 5.90. The van der Waals surface area contributed by atoms with Crippen LogP contribution in [0, 0.1) is 0 Å². The van der Waals surface area contributed by atoms with Gasteiger partial charge in [0.25, 0.3) is 0 Å². The lowest BCUT2D eigenvalue weighted by molar-refractivity contribution is 1.41. The minimum Gasteiger partial charge on any atom is -0.397 e. The number of benzene rings is 2. The Labute approximate surface area is 104 Å². The van der Waals surface area contributed by atoms with Gasteiger partial charge in [-0.3, -0.25) is 0 Å². The van der Waals surface area contributed by atoms with Crippen molar-refractivity contribution in [1.82, 2.24) is 0 Å². The van der Waals surface area contributed by atoms with E-state index in [1.54, 1.807) is 12.1 Å². The van der Waals surface area contributed by atoms with Crippen LogP contribution in [0.5, 0.6) is 0 Å². The molecular formula is C12H14N4S. The summed E-state index contributed by atoms with van der Waals surface area (Å²) < 4.78 is 0. The largest absolute Gasteiger partial charge is 0.397 e. The van der Waals surface area contributed by atoms with Crippen molar-refractivity contribution in [3.63, 3.8) is 0 Å². The van der Waals surface area contributed by atoms with Crippen molar-refractivity contribution in [3.8, 4) is 0 Å². The average molecular weight is 246 g/mol. The van der Waals surface area contributed by atoms with Gasteiger partial charge in [-0.05, 0) is 30.3 Å². The molecule has 0 radical (unpaired) electrons. The van der Waals surface area contributed by atoms with Crippen LogP contribution in [-0.4, -0.2) is 0 Å². The second-order valence-corrected chi connectivity index (χ2v) is 4.77. The van der Waals surface area contributed by atoms with Crippen molar-refractivity contribution < 1.29 is 0 Å². The Hall–Kier alpha value is -2.01. The summed E-state index contributed by atoms with van der Waals surface area (Å²) in [6.45, 7) is 0. The third-order valence-electron chi connectivity index (χ3n) is 2.39. The SMILES string of the molecule is Nc1ccc(Sc2cccc(N)c2N)cc1N.